The van der Waals surface area contributed by atoms with Gasteiger partial charge in [-0.05, 0) is 19.1 Å². The highest BCUT2D eigenvalue weighted by molar-refractivity contribution is 6.38. The van der Waals surface area contributed by atoms with Crippen LogP contribution in [0.25, 0.3) is 0 Å². The van der Waals surface area contributed by atoms with Crippen LogP contribution >= 0.6 is 0 Å². The summed E-state index contributed by atoms with van der Waals surface area (Å²) in [7, 11) is 1.57. The second-order valence-corrected chi connectivity index (χ2v) is 4.95. The molecule has 1 amide bonds. The summed E-state index contributed by atoms with van der Waals surface area (Å²) in [5.74, 6) is -0.686. The van der Waals surface area contributed by atoms with E-state index in [1.807, 2.05) is 30.3 Å². The van der Waals surface area contributed by atoms with E-state index < -0.39 is 12.0 Å². The van der Waals surface area contributed by atoms with Crippen LogP contribution in [-0.2, 0) is 19.1 Å². The predicted octanol–water partition coefficient (Wildman–Crippen LogP) is 0.947. The van der Waals surface area contributed by atoms with E-state index in [0.29, 0.717) is 13.2 Å². The fourth-order valence-electron chi connectivity index (χ4n) is 2.27. The molecule has 1 atom stereocenters. The molecule has 0 radical (unpaired) electrons. The van der Waals surface area contributed by atoms with E-state index >= 15 is 0 Å². The third-order valence-electron chi connectivity index (χ3n) is 3.35. The van der Waals surface area contributed by atoms with Crippen molar-refractivity contribution in [1.29, 1.82) is 0 Å². The van der Waals surface area contributed by atoms with Crippen molar-refractivity contribution < 1.29 is 19.1 Å². The van der Waals surface area contributed by atoms with Crippen molar-refractivity contribution in [2.24, 2.45) is 5.10 Å². The zero-order chi connectivity index (χ0) is 16.7. The van der Waals surface area contributed by atoms with E-state index in [4.69, 9.17) is 9.47 Å². The second-order valence-electron chi connectivity index (χ2n) is 4.95. The molecule has 1 aliphatic rings. The standard InChI is InChI=1S/C16H21N3O4/c1-3-23-16(21)13-11-14(15(20)17-9-10-22-2)19(18-13)12-7-5-4-6-8-12/h4-8,14H,3,9-11H2,1-2H3,(H,17,20)/t14-/m1/s1. The molecule has 0 saturated heterocycles. The topological polar surface area (TPSA) is 80.2 Å². The van der Waals surface area contributed by atoms with Crippen LogP contribution in [0.2, 0.25) is 0 Å². The van der Waals surface area contributed by atoms with Gasteiger partial charge in [0.2, 0.25) is 5.91 Å². The highest BCUT2D eigenvalue weighted by atomic mass is 16.5. The molecule has 23 heavy (non-hydrogen) atoms. The zero-order valence-corrected chi connectivity index (χ0v) is 13.3. The zero-order valence-electron chi connectivity index (χ0n) is 13.3. The summed E-state index contributed by atoms with van der Waals surface area (Å²) in [5, 5.41) is 8.64. The predicted molar refractivity (Wildman–Crippen MR) is 86.3 cm³/mol. The molecule has 0 bridgehead atoms. The molecule has 1 heterocycles. The molecule has 0 aromatic heterocycles. The number of rotatable bonds is 7. The quantitative estimate of drug-likeness (QED) is 0.598. The number of hydrogen-bond acceptors (Lipinski definition) is 6. The number of para-hydroxylation sites is 1. The normalized spacial score (nSPS) is 16.9. The van der Waals surface area contributed by atoms with E-state index in [9.17, 15) is 9.59 Å². The van der Waals surface area contributed by atoms with Gasteiger partial charge in [0, 0.05) is 20.1 Å². The maximum Gasteiger partial charge on any atom is 0.354 e. The first-order chi connectivity index (χ1) is 11.2. The molecule has 0 spiro atoms. The summed E-state index contributed by atoms with van der Waals surface area (Å²) in [6, 6.07) is 8.69. The number of carbonyl (C=O) groups excluding carboxylic acids is 2. The minimum absolute atomic E-state index is 0.200. The number of amides is 1. The van der Waals surface area contributed by atoms with Gasteiger partial charge in [0.05, 0.1) is 18.9 Å². The first-order valence-electron chi connectivity index (χ1n) is 7.53. The molecular formula is C16H21N3O4. The van der Waals surface area contributed by atoms with Crippen molar-refractivity contribution >= 4 is 23.3 Å². The Balaban J connectivity index is 2.16. The molecule has 0 saturated carbocycles. The Hall–Kier alpha value is -2.41. The summed E-state index contributed by atoms with van der Waals surface area (Å²) in [6.07, 6.45) is 0.215. The first kappa shape index (κ1) is 17.0. The molecule has 1 aromatic carbocycles. The van der Waals surface area contributed by atoms with Crippen LogP contribution in [0.3, 0.4) is 0 Å². The minimum atomic E-state index is -0.575. The number of nitrogens with zero attached hydrogens (tertiary/aromatic N) is 2. The largest absolute Gasteiger partial charge is 0.461 e. The smallest absolute Gasteiger partial charge is 0.354 e. The summed E-state index contributed by atoms with van der Waals surface area (Å²) in [6.45, 7) is 2.84. The van der Waals surface area contributed by atoms with Crippen LogP contribution in [-0.4, -0.2) is 50.5 Å². The van der Waals surface area contributed by atoms with Crippen molar-refractivity contribution in [2.75, 3.05) is 31.9 Å². The lowest BCUT2D eigenvalue weighted by atomic mass is 10.1. The second kappa shape index (κ2) is 8.28. The van der Waals surface area contributed by atoms with Crippen molar-refractivity contribution in [2.45, 2.75) is 19.4 Å². The molecule has 7 heteroatoms. The van der Waals surface area contributed by atoms with Crippen LogP contribution < -0.4 is 10.3 Å². The number of methoxy groups -OCH3 is 1. The summed E-state index contributed by atoms with van der Waals surface area (Å²) in [5.41, 5.74) is 1.00. The number of benzene rings is 1. The average molecular weight is 319 g/mol. The number of carbonyl (C=O) groups is 2. The van der Waals surface area contributed by atoms with Crippen molar-refractivity contribution in [3.05, 3.63) is 30.3 Å². The van der Waals surface area contributed by atoms with E-state index in [1.54, 1.807) is 19.0 Å². The lowest BCUT2D eigenvalue weighted by Crippen LogP contribution is -2.43. The monoisotopic (exact) mass is 319 g/mol. The van der Waals surface area contributed by atoms with Gasteiger partial charge in [0.1, 0.15) is 11.8 Å². The van der Waals surface area contributed by atoms with Crippen molar-refractivity contribution in [1.82, 2.24) is 5.32 Å². The fraction of sp³-hybridized carbons (Fsp3) is 0.438. The molecule has 2 rings (SSSR count). The number of anilines is 1. The van der Waals surface area contributed by atoms with Crippen LogP contribution in [0, 0.1) is 0 Å². The van der Waals surface area contributed by atoms with Gasteiger partial charge in [-0.1, -0.05) is 18.2 Å². The maximum atomic E-state index is 12.4. The minimum Gasteiger partial charge on any atom is -0.461 e. The molecule has 0 fully saturated rings. The summed E-state index contributed by atoms with van der Waals surface area (Å²) < 4.78 is 9.92. The lowest BCUT2D eigenvalue weighted by molar-refractivity contribution is -0.135. The Labute approximate surface area is 135 Å². The highest BCUT2D eigenvalue weighted by Gasteiger charge is 2.36. The van der Waals surface area contributed by atoms with E-state index in [0.717, 1.165) is 5.69 Å². The summed E-state index contributed by atoms with van der Waals surface area (Å²) in [4.78, 5) is 24.3. The Bertz CT molecular complexity index is 574. The number of hydrogen-bond donors (Lipinski definition) is 1. The maximum absolute atomic E-state index is 12.4. The average Bonchev–Trinajstić information content (AvgIpc) is 3.01. The summed E-state index contributed by atoms with van der Waals surface area (Å²) >= 11 is 0. The number of hydrazone groups is 1. The lowest BCUT2D eigenvalue weighted by Gasteiger charge is -2.22. The van der Waals surface area contributed by atoms with Gasteiger partial charge in [-0.25, -0.2) is 4.79 Å². The number of ether oxygens (including phenoxy) is 2. The number of esters is 1. The van der Waals surface area contributed by atoms with E-state index in [2.05, 4.69) is 10.4 Å². The van der Waals surface area contributed by atoms with Crippen molar-refractivity contribution in [3.63, 3.8) is 0 Å². The SMILES string of the molecule is CCOC(=O)C1=NN(c2ccccc2)[C@@H](C(=O)NCCOC)C1. The van der Waals surface area contributed by atoms with Crippen LogP contribution in [0.1, 0.15) is 13.3 Å². The van der Waals surface area contributed by atoms with Gasteiger partial charge >= 0.3 is 5.97 Å². The van der Waals surface area contributed by atoms with Gasteiger partial charge in [-0.3, -0.25) is 9.80 Å². The fourth-order valence-corrected chi connectivity index (χ4v) is 2.27. The van der Waals surface area contributed by atoms with Gasteiger partial charge in [0.15, 0.2) is 0 Å². The molecule has 124 valence electrons. The van der Waals surface area contributed by atoms with Gasteiger partial charge in [-0.2, -0.15) is 5.10 Å². The van der Waals surface area contributed by atoms with Crippen LogP contribution in [0.4, 0.5) is 5.69 Å². The third-order valence-corrected chi connectivity index (χ3v) is 3.35. The number of nitrogens with one attached hydrogen (secondary N) is 1. The Kier molecular flexibility index (Phi) is 6.10. The molecule has 0 unspecified atom stereocenters. The van der Waals surface area contributed by atoms with Crippen LogP contribution in [0.5, 0.6) is 0 Å². The molecule has 1 aliphatic heterocycles. The van der Waals surface area contributed by atoms with Crippen molar-refractivity contribution in [3.8, 4) is 0 Å². The van der Waals surface area contributed by atoms with Crippen LogP contribution in [0.15, 0.2) is 35.4 Å². The molecule has 0 aliphatic carbocycles. The highest BCUT2D eigenvalue weighted by Crippen LogP contribution is 2.24. The Morgan fingerprint density at radius 2 is 2.09 bits per heavy atom. The van der Waals surface area contributed by atoms with E-state index in [-0.39, 0.29) is 24.6 Å². The molecular weight excluding hydrogens is 298 g/mol. The Morgan fingerprint density at radius 3 is 2.74 bits per heavy atom. The van der Waals surface area contributed by atoms with E-state index in [1.165, 1.54) is 0 Å². The third kappa shape index (κ3) is 4.29. The van der Waals surface area contributed by atoms with Gasteiger partial charge in [0.25, 0.3) is 0 Å². The first-order valence-corrected chi connectivity index (χ1v) is 7.53. The molecule has 1 N–H and O–H groups in total. The van der Waals surface area contributed by atoms with Gasteiger partial charge < -0.3 is 14.8 Å². The molecule has 1 aromatic rings. The van der Waals surface area contributed by atoms with Gasteiger partial charge in [-0.15, -0.1) is 0 Å². The Morgan fingerprint density at radius 1 is 1.35 bits per heavy atom. The molecule has 7 nitrogen and oxygen atoms in total.